The lowest BCUT2D eigenvalue weighted by atomic mass is 10.2. The molecule has 0 saturated carbocycles. The molecule has 0 aliphatic rings. The van der Waals surface area contributed by atoms with Crippen LogP contribution in [0, 0.1) is 0 Å². The molecule has 3 heterocycles. The summed E-state index contributed by atoms with van der Waals surface area (Å²) in [5, 5.41) is 9.92. The molecule has 0 amide bonds. The van der Waals surface area contributed by atoms with Crippen LogP contribution in [-0.4, -0.2) is 38.8 Å². The van der Waals surface area contributed by atoms with Gasteiger partial charge in [-0.15, -0.1) is 0 Å². The van der Waals surface area contributed by atoms with Gasteiger partial charge in [0.25, 0.3) is 0 Å². The van der Waals surface area contributed by atoms with Gasteiger partial charge in [0.05, 0.1) is 21.7 Å². The van der Waals surface area contributed by atoms with Crippen molar-refractivity contribution in [3.63, 3.8) is 0 Å². The van der Waals surface area contributed by atoms with Crippen LogP contribution in [0.2, 0.25) is 0 Å². The van der Waals surface area contributed by atoms with Gasteiger partial charge >= 0.3 is 12.4 Å². The molecule has 7 nitrogen and oxygen atoms in total. The fourth-order valence-corrected chi connectivity index (χ4v) is 3.79. The van der Waals surface area contributed by atoms with Crippen LogP contribution in [0.15, 0.2) is 23.2 Å². The van der Waals surface area contributed by atoms with Gasteiger partial charge in [-0.25, -0.2) is 18.4 Å². The summed E-state index contributed by atoms with van der Waals surface area (Å²) >= 11 is 0. The molecule has 0 aliphatic heterocycles. The topological polar surface area (TPSA) is 98.0 Å². The van der Waals surface area contributed by atoms with Gasteiger partial charge in [0, 0.05) is 13.2 Å². The van der Waals surface area contributed by atoms with Crippen molar-refractivity contribution in [3.8, 4) is 17.4 Å². The second-order valence-corrected chi connectivity index (χ2v) is 8.41. The number of imidazole rings is 1. The van der Waals surface area contributed by atoms with Crippen molar-refractivity contribution in [2.24, 2.45) is 7.05 Å². The van der Waals surface area contributed by atoms with E-state index in [1.165, 1.54) is 14.0 Å². The second-order valence-electron chi connectivity index (χ2n) is 6.16. The quantitative estimate of drug-likeness (QED) is 0.608. The Labute approximate surface area is 164 Å². The van der Waals surface area contributed by atoms with Crippen molar-refractivity contribution < 1.29 is 39.9 Å². The lowest BCUT2D eigenvalue weighted by Gasteiger charge is -2.12. The average molecular weight is 454 g/mol. The SMILES string of the molecule is CCS(=O)(=O)c1cc(C(F)(F)F)cnc1-c1nc2cc(C(F)(F)F)nc(O)c2n1C. The molecule has 0 spiro atoms. The maximum absolute atomic E-state index is 13.0. The van der Waals surface area contributed by atoms with Crippen molar-refractivity contribution in [3.05, 3.63) is 29.6 Å². The Hall–Kier alpha value is -2.90. The van der Waals surface area contributed by atoms with E-state index in [0.29, 0.717) is 18.3 Å². The summed E-state index contributed by atoms with van der Waals surface area (Å²) < 4.78 is 104. The van der Waals surface area contributed by atoms with Crippen molar-refractivity contribution in [2.75, 3.05) is 5.75 Å². The van der Waals surface area contributed by atoms with Crippen LogP contribution in [-0.2, 0) is 29.2 Å². The summed E-state index contributed by atoms with van der Waals surface area (Å²) in [4.78, 5) is 9.72. The highest BCUT2D eigenvalue weighted by atomic mass is 32.2. The van der Waals surface area contributed by atoms with Crippen LogP contribution in [0.3, 0.4) is 0 Å². The van der Waals surface area contributed by atoms with Crippen LogP contribution in [0.25, 0.3) is 22.6 Å². The Bertz CT molecular complexity index is 1250. The summed E-state index contributed by atoms with van der Waals surface area (Å²) in [6.45, 7) is 1.21. The van der Waals surface area contributed by atoms with Gasteiger partial charge in [-0.05, 0) is 12.1 Å². The highest BCUT2D eigenvalue weighted by molar-refractivity contribution is 7.91. The van der Waals surface area contributed by atoms with E-state index in [4.69, 9.17) is 0 Å². The van der Waals surface area contributed by atoms with E-state index in [1.54, 1.807) is 0 Å². The lowest BCUT2D eigenvalue weighted by Crippen LogP contribution is -2.13. The maximum atomic E-state index is 13.0. The standard InChI is InChI=1S/C16H12F6N4O3S/c1-3-30(28,29)9-4-7(15(17,18)19)6-23-11(9)13-24-8-5-10(16(20,21)22)25-14(27)12(8)26(13)2/h4-6H,3H2,1-2H3,(H,25,27). The van der Waals surface area contributed by atoms with Crippen molar-refractivity contribution in [1.82, 2.24) is 19.5 Å². The minimum absolute atomic E-state index is 0.278. The number of hydrogen-bond acceptors (Lipinski definition) is 6. The normalized spacial score (nSPS) is 13.2. The van der Waals surface area contributed by atoms with E-state index in [0.717, 1.165) is 4.57 Å². The minimum Gasteiger partial charge on any atom is -0.492 e. The predicted molar refractivity (Wildman–Crippen MR) is 91.1 cm³/mol. The minimum atomic E-state index is -4.90. The molecule has 0 atom stereocenters. The fourth-order valence-electron chi connectivity index (χ4n) is 2.73. The molecule has 0 saturated heterocycles. The Morgan fingerprint density at radius 2 is 1.70 bits per heavy atom. The molecule has 3 rings (SSSR count). The summed E-state index contributed by atoms with van der Waals surface area (Å²) in [5.41, 5.74) is -3.94. The zero-order chi connectivity index (χ0) is 22.6. The molecule has 3 aromatic rings. The summed E-state index contributed by atoms with van der Waals surface area (Å²) in [7, 11) is -3.01. The Balaban J connectivity index is 2.35. The number of hydrogen-bond donors (Lipinski definition) is 1. The van der Waals surface area contributed by atoms with E-state index in [9.17, 15) is 39.9 Å². The molecule has 0 radical (unpaired) electrons. The highest BCUT2D eigenvalue weighted by Crippen LogP contribution is 2.37. The maximum Gasteiger partial charge on any atom is 0.433 e. The number of pyridine rings is 2. The molecule has 0 unspecified atom stereocenters. The number of aryl methyl sites for hydroxylation is 1. The van der Waals surface area contributed by atoms with Gasteiger partial charge in [-0.1, -0.05) is 6.92 Å². The van der Waals surface area contributed by atoms with Crippen LogP contribution < -0.4 is 0 Å². The monoisotopic (exact) mass is 454 g/mol. The fraction of sp³-hybridized carbons (Fsp3) is 0.312. The summed E-state index contributed by atoms with van der Waals surface area (Å²) in [5.74, 6) is -1.95. The third kappa shape index (κ3) is 3.66. The number of sulfone groups is 1. The smallest absolute Gasteiger partial charge is 0.433 e. The molecule has 0 aliphatic carbocycles. The van der Waals surface area contributed by atoms with E-state index in [-0.39, 0.29) is 11.3 Å². The molecule has 14 heteroatoms. The van der Waals surface area contributed by atoms with E-state index in [2.05, 4.69) is 15.0 Å². The van der Waals surface area contributed by atoms with E-state index >= 15 is 0 Å². The first kappa shape index (κ1) is 21.8. The Kier molecular flexibility index (Phi) is 4.96. The molecule has 0 aromatic carbocycles. The van der Waals surface area contributed by atoms with Crippen molar-refractivity contribution >= 4 is 20.9 Å². The molecular weight excluding hydrogens is 442 g/mol. The number of aromatic hydroxyl groups is 1. The van der Waals surface area contributed by atoms with E-state index < -0.39 is 61.2 Å². The van der Waals surface area contributed by atoms with Gasteiger partial charge in [-0.3, -0.25) is 4.98 Å². The van der Waals surface area contributed by atoms with Crippen LogP contribution in [0.4, 0.5) is 26.3 Å². The van der Waals surface area contributed by atoms with Gasteiger partial charge in [0.15, 0.2) is 21.4 Å². The van der Waals surface area contributed by atoms with Gasteiger partial charge < -0.3 is 9.67 Å². The highest BCUT2D eigenvalue weighted by Gasteiger charge is 2.36. The van der Waals surface area contributed by atoms with Crippen molar-refractivity contribution in [2.45, 2.75) is 24.2 Å². The lowest BCUT2D eigenvalue weighted by molar-refractivity contribution is -0.141. The largest absolute Gasteiger partial charge is 0.492 e. The molecule has 162 valence electrons. The van der Waals surface area contributed by atoms with Crippen LogP contribution in [0.5, 0.6) is 5.88 Å². The molecule has 1 N–H and O–H groups in total. The average Bonchev–Trinajstić information content (AvgIpc) is 2.96. The number of halogens is 6. The van der Waals surface area contributed by atoms with Gasteiger partial charge in [-0.2, -0.15) is 26.3 Å². The molecule has 3 aromatic heterocycles. The Morgan fingerprint density at radius 3 is 2.23 bits per heavy atom. The molecule has 30 heavy (non-hydrogen) atoms. The molecular formula is C16H12F6N4O3S. The summed E-state index contributed by atoms with van der Waals surface area (Å²) in [6, 6.07) is 0.913. The predicted octanol–water partition coefficient (Wildman–Crippen LogP) is 3.57. The number of nitrogens with zero attached hydrogens (tertiary/aromatic N) is 4. The number of fused-ring (bicyclic) bond motifs is 1. The van der Waals surface area contributed by atoms with Crippen LogP contribution >= 0.6 is 0 Å². The van der Waals surface area contributed by atoms with Gasteiger partial charge in [0.1, 0.15) is 11.2 Å². The number of alkyl halides is 6. The first-order valence-corrected chi connectivity index (χ1v) is 9.76. The number of rotatable bonds is 3. The van der Waals surface area contributed by atoms with Crippen LogP contribution in [0.1, 0.15) is 18.2 Å². The zero-order valence-corrected chi connectivity index (χ0v) is 16.0. The third-order valence-electron chi connectivity index (χ3n) is 4.23. The zero-order valence-electron chi connectivity index (χ0n) is 15.2. The number of aromatic nitrogens is 4. The first-order chi connectivity index (χ1) is 13.7. The second kappa shape index (κ2) is 6.82. The molecule has 0 bridgehead atoms. The van der Waals surface area contributed by atoms with Crippen molar-refractivity contribution in [1.29, 1.82) is 0 Å². The third-order valence-corrected chi connectivity index (χ3v) is 5.97. The first-order valence-electron chi connectivity index (χ1n) is 8.10. The van der Waals surface area contributed by atoms with Gasteiger partial charge in [0.2, 0.25) is 5.88 Å². The summed E-state index contributed by atoms with van der Waals surface area (Å²) in [6.07, 6.45) is -9.38. The van der Waals surface area contributed by atoms with E-state index in [1.807, 2.05) is 0 Å². The molecule has 0 fully saturated rings. The Morgan fingerprint density at radius 1 is 1.07 bits per heavy atom.